The molecule has 0 radical (unpaired) electrons. The lowest BCUT2D eigenvalue weighted by Gasteiger charge is -2.26. The highest BCUT2D eigenvalue weighted by Gasteiger charge is 2.27. The second-order valence-corrected chi connectivity index (χ2v) is 5.90. The number of benzene rings is 2. The Kier molecular flexibility index (Phi) is 3.33. The second kappa shape index (κ2) is 4.99. The summed E-state index contributed by atoms with van der Waals surface area (Å²) in [6.45, 7) is 2.84. The lowest BCUT2D eigenvalue weighted by molar-refractivity contribution is 0.757. The quantitative estimate of drug-likeness (QED) is 0.907. The maximum Gasteiger partial charge on any atom is 0.0558 e. The molecule has 1 heterocycles. The number of rotatable bonds is 2. The molecule has 3 heteroatoms. The summed E-state index contributed by atoms with van der Waals surface area (Å²) in [5.74, 6) is 0. The molecular formula is C16H17BrN2. The normalized spacial score (nSPS) is 17.6. The van der Waals surface area contributed by atoms with Crippen LogP contribution in [-0.4, -0.2) is 6.04 Å². The minimum atomic E-state index is 0.484. The van der Waals surface area contributed by atoms with E-state index in [9.17, 15) is 0 Å². The number of hydrogen-bond acceptors (Lipinski definition) is 2. The van der Waals surface area contributed by atoms with Crippen molar-refractivity contribution in [2.24, 2.45) is 5.73 Å². The Morgan fingerprint density at radius 2 is 2.00 bits per heavy atom. The molecule has 2 aromatic rings. The molecule has 0 spiro atoms. The molecule has 0 amide bonds. The minimum Gasteiger partial charge on any atom is -0.337 e. The molecule has 1 atom stereocenters. The van der Waals surface area contributed by atoms with Gasteiger partial charge in [0.15, 0.2) is 0 Å². The summed E-state index contributed by atoms with van der Waals surface area (Å²) in [4.78, 5) is 2.40. The molecule has 2 nitrogen and oxygen atoms in total. The van der Waals surface area contributed by atoms with Crippen molar-refractivity contribution in [3.8, 4) is 0 Å². The summed E-state index contributed by atoms with van der Waals surface area (Å²) in [5, 5.41) is 0. The average Bonchev–Trinajstić information content (AvgIpc) is 2.75. The molecule has 0 fully saturated rings. The number of nitrogens with zero attached hydrogens (tertiary/aromatic N) is 1. The molecule has 1 aliphatic heterocycles. The van der Waals surface area contributed by atoms with Crippen molar-refractivity contribution in [3.63, 3.8) is 0 Å². The highest BCUT2D eigenvalue weighted by molar-refractivity contribution is 9.10. The molecule has 0 saturated carbocycles. The summed E-state index contributed by atoms with van der Waals surface area (Å²) in [6, 6.07) is 15.5. The predicted octanol–water partition coefficient (Wildman–Crippen LogP) is 3.99. The Balaban J connectivity index is 2.07. The Labute approximate surface area is 122 Å². The van der Waals surface area contributed by atoms with Gasteiger partial charge in [-0.15, -0.1) is 0 Å². The van der Waals surface area contributed by atoms with Crippen LogP contribution < -0.4 is 10.6 Å². The Bertz CT molecular complexity index is 609. The van der Waals surface area contributed by atoms with Crippen LogP contribution in [0.5, 0.6) is 0 Å². The third-order valence-electron chi connectivity index (χ3n) is 3.71. The molecule has 2 N–H and O–H groups in total. The van der Waals surface area contributed by atoms with Gasteiger partial charge in [-0.2, -0.15) is 0 Å². The first-order valence-electron chi connectivity index (χ1n) is 6.56. The van der Waals surface area contributed by atoms with Crippen LogP contribution in [0.25, 0.3) is 0 Å². The fourth-order valence-corrected chi connectivity index (χ4v) is 3.42. The highest BCUT2D eigenvalue weighted by Crippen LogP contribution is 2.41. The molecule has 1 aliphatic rings. The van der Waals surface area contributed by atoms with Crippen molar-refractivity contribution in [1.29, 1.82) is 0 Å². The third-order valence-corrected chi connectivity index (χ3v) is 4.35. The van der Waals surface area contributed by atoms with E-state index in [2.05, 4.69) is 70.2 Å². The van der Waals surface area contributed by atoms with Gasteiger partial charge < -0.3 is 10.6 Å². The van der Waals surface area contributed by atoms with Crippen LogP contribution in [0.2, 0.25) is 0 Å². The predicted molar refractivity (Wildman–Crippen MR) is 83.8 cm³/mol. The monoisotopic (exact) mass is 316 g/mol. The van der Waals surface area contributed by atoms with E-state index in [-0.39, 0.29) is 0 Å². The zero-order valence-corrected chi connectivity index (χ0v) is 12.5. The lowest BCUT2D eigenvalue weighted by atomic mass is 10.1. The van der Waals surface area contributed by atoms with Crippen molar-refractivity contribution >= 4 is 27.3 Å². The number of para-hydroxylation sites is 1. The lowest BCUT2D eigenvalue weighted by Crippen LogP contribution is -2.24. The van der Waals surface area contributed by atoms with E-state index in [1.54, 1.807) is 0 Å². The van der Waals surface area contributed by atoms with E-state index in [4.69, 9.17) is 5.73 Å². The number of hydrogen-bond donors (Lipinski definition) is 1. The zero-order chi connectivity index (χ0) is 13.4. The van der Waals surface area contributed by atoms with E-state index in [1.807, 2.05) is 0 Å². The van der Waals surface area contributed by atoms with Crippen molar-refractivity contribution in [3.05, 3.63) is 58.1 Å². The molecular weight excluding hydrogens is 300 g/mol. The summed E-state index contributed by atoms with van der Waals surface area (Å²) < 4.78 is 1.11. The highest BCUT2D eigenvalue weighted by atomic mass is 79.9. The van der Waals surface area contributed by atoms with Gasteiger partial charge in [-0.25, -0.2) is 0 Å². The van der Waals surface area contributed by atoms with Crippen LogP contribution >= 0.6 is 15.9 Å². The maximum absolute atomic E-state index is 5.69. The van der Waals surface area contributed by atoms with Crippen LogP contribution in [0, 0.1) is 0 Å². The van der Waals surface area contributed by atoms with E-state index in [0.29, 0.717) is 12.6 Å². The van der Waals surface area contributed by atoms with Gasteiger partial charge in [-0.3, -0.25) is 0 Å². The first-order chi connectivity index (χ1) is 9.20. The van der Waals surface area contributed by atoms with Gasteiger partial charge in [0, 0.05) is 22.7 Å². The summed E-state index contributed by atoms with van der Waals surface area (Å²) >= 11 is 3.68. The van der Waals surface area contributed by atoms with Gasteiger partial charge in [-0.1, -0.05) is 24.3 Å². The number of nitrogens with two attached hydrogens (primary N) is 1. The molecule has 19 heavy (non-hydrogen) atoms. The van der Waals surface area contributed by atoms with Crippen molar-refractivity contribution in [2.45, 2.75) is 25.9 Å². The fourth-order valence-electron chi connectivity index (χ4n) is 2.81. The number of halogens is 1. The molecule has 1 unspecified atom stereocenters. The van der Waals surface area contributed by atoms with Gasteiger partial charge >= 0.3 is 0 Å². The molecule has 3 rings (SSSR count). The SMILES string of the molecule is CC1Cc2ccccc2N1c1ccc(CN)cc1Br. The molecule has 98 valence electrons. The Hall–Kier alpha value is -1.32. The van der Waals surface area contributed by atoms with Crippen LogP contribution in [0.4, 0.5) is 11.4 Å². The van der Waals surface area contributed by atoms with Crippen LogP contribution in [0.3, 0.4) is 0 Å². The summed E-state index contributed by atoms with van der Waals surface area (Å²) in [5.41, 5.74) is 10.8. The summed E-state index contributed by atoms with van der Waals surface area (Å²) in [6.07, 6.45) is 1.10. The molecule has 0 aliphatic carbocycles. The van der Waals surface area contributed by atoms with Gasteiger partial charge in [0.1, 0.15) is 0 Å². The molecule has 0 bridgehead atoms. The first kappa shape index (κ1) is 12.7. The second-order valence-electron chi connectivity index (χ2n) is 5.04. The first-order valence-corrected chi connectivity index (χ1v) is 7.35. The van der Waals surface area contributed by atoms with Crippen LogP contribution in [0.15, 0.2) is 46.9 Å². The maximum atomic E-state index is 5.69. The summed E-state index contributed by atoms with van der Waals surface area (Å²) in [7, 11) is 0. The number of anilines is 2. The zero-order valence-electron chi connectivity index (χ0n) is 10.9. The van der Waals surface area contributed by atoms with Crippen molar-refractivity contribution in [2.75, 3.05) is 4.90 Å². The smallest absolute Gasteiger partial charge is 0.0558 e. The van der Waals surface area contributed by atoms with Crippen molar-refractivity contribution in [1.82, 2.24) is 0 Å². The third kappa shape index (κ3) is 2.17. The molecule has 2 aromatic carbocycles. The van der Waals surface area contributed by atoms with E-state index in [0.717, 1.165) is 16.5 Å². The minimum absolute atomic E-state index is 0.484. The van der Waals surface area contributed by atoms with Crippen LogP contribution in [0.1, 0.15) is 18.1 Å². The molecule has 0 aromatic heterocycles. The van der Waals surface area contributed by atoms with Gasteiger partial charge in [0.05, 0.1) is 5.69 Å². The van der Waals surface area contributed by atoms with E-state index in [1.165, 1.54) is 16.9 Å². The van der Waals surface area contributed by atoms with Gasteiger partial charge in [-0.05, 0) is 58.6 Å². The van der Waals surface area contributed by atoms with Gasteiger partial charge in [0.2, 0.25) is 0 Å². The van der Waals surface area contributed by atoms with Crippen LogP contribution in [-0.2, 0) is 13.0 Å². The Morgan fingerprint density at radius 3 is 2.74 bits per heavy atom. The molecule has 0 saturated heterocycles. The average molecular weight is 317 g/mol. The van der Waals surface area contributed by atoms with E-state index < -0.39 is 0 Å². The fraction of sp³-hybridized carbons (Fsp3) is 0.250. The van der Waals surface area contributed by atoms with Gasteiger partial charge in [0.25, 0.3) is 0 Å². The topological polar surface area (TPSA) is 29.3 Å². The largest absolute Gasteiger partial charge is 0.337 e. The number of fused-ring (bicyclic) bond motifs is 1. The van der Waals surface area contributed by atoms with E-state index >= 15 is 0 Å². The Morgan fingerprint density at radius 1 is 1.21 bits per heavy atom. The van der Waals surface area contributed by atoms with Crippen molar-refractivity contribution < 1.29 is 0 Å². The standard InChI is InChI=1S/C16H17BrN2/c1-11-8-13-4-2-3-5-15(13)19(11)16-7-6-12(10-18)9-14(16)17/h2-7,9,11H,8,10,18H2,1H3.